The van der Waals surface area contributed by atoms with E-state index in [9.17, 15) is 4.79 Å². The van der Waals surface area contributed by atoms with Gasteiger partial charge in [0.15, 0.2) is 0 Å². The summed E-state index contributed by atoms with van der Waals surface area (Å²) in [6, 6.07) is 15.7. The highest BCUT2D eigenvalue weighted by Crippen LogP contribution is 2.31. The van der Waals surface area contributed by atoms with Crippen LogP contribution in [0.25, 0.3) is 10.9 Å². The van der Waals surface area contributed by atoms with Gasteiger partial charge in [-0.1, -0.05) is 43.3 Å². The predicted octanol–water partition coefficient (Wildman–Crippen LogP) is 4.35. The molecule has 0 saturated carbocycles. The van der Waals surface area contributed by atoms with Gasteiger partial charge in [-0.25, -0.2) is 0 Å². The molecule has 0 fully saturated rings. The van der Waals surface area contributed by atoms with Crippen molar-refractivity contribution < 1.29 is 4.79 Å². The first-order valence-corrected chi connectivity index (χ1v) is 10.7. The maximum absolute atomic E-state index is 11.4. The molecule has 4 heteroatoms. The maximum Gasteiger partial charge on any atom is 0.220 e. The number of nitrogens with one attached hydrogen (secondary N) is 2. The van der Waals surface area contributed by atoms with Crippen LogP contribution in [-0.4, -0.2) is 17.4 Å². The first kappa shape index (κ1) is 19.7. The van der Waals surface area contributed by atoms with Crippen LogP contribution in [0.1, 0.15) is 53.8 Å². The summed E-state index contributed by atoms with van der Waals surface area (Å²) in [4.78, 5) is 14.9. The molecule has 1 aliphatic rings. The third kappa shape index (κ3) is 4.23. The minimum absolute atomic E-state index is 0.120. The highest BCUT2D eigenvalue weighted by atomic mass is 16.1. The minimum atomic E-state index is -0.227. The Morgan fingerprint density at radius 3 is 2.93 bits per heavy atom. The molecule has 1 aromatic heterocycles. The van der Waals surface area contributed by atoms with E-state index in [1.165, 1.54) is 51.7 Å². The van der Waals surface area contributed by atoms with E-state index in [4.69, 9.17) is 5.73 Å². The van der Waals surface area contributed by atoms with Gasteiger partial charge < -0.3 is 16.0 Å². The van der Waals surface area contributed by atoms with E-state index in [-0.39, 0.29) is 11.8 Å². The number of aryl methyl sites for hydroxylation is 2. The predicted molar refractivity (Wildman–Crippen MR) is 119 cm³/mol. The molecule has 0 saturated heterocycles. The van der Waals surface area contributed by atoms with Gasteiger partial charge in [-0.05, 0) is 73.9 Å². The van der Waals surface area contributed by atoms with Crippen molar-refractivity contribution in [2.45, 2.75) is 52.0 Å². The van der Waals surface area contributed by atoms with Crippen LogP contribution in [0, 0.1) is 12.8 Å². The molecule has 4 nitrogen and oxygen atoms in total. The normalized spacial score (nSPS) is 17.2. The van der Waals surface area contributed by atoms with Crippen LogP contribution >= 0.6 is 0 Å². The fraction of sp³-hybridized carbons (Fsp3) is 0.400. The minimum Gasteiger partial charge on any atom is -0.369 e. The molecule has 1 heterocycles. The molecule has 0 bridgehead atoms. The van der Waals surface area contributed by atoms with Crippen LogP contribution in [0.2, 0.25) is 0 Å². The van der Waals surface area contributed by atoms with Crippen molar-refractivity contribution in [1.29, 1.82) is 0 Å². The summed E-state index contributed by atoms with van der Waals surface area (Å²) in [5, 5.41) is 5.14. The van der Waals surface area contributed by atoms with Crippen LogP contribution < -0.4 is 11.1 Å². The Balaban J connectivity index is 1.43. The van der Waals surface area contributed by atoms with Crippen molar-refractivity contribution in [2.24, 2.45) is 11.7 Å². The second-order valence-electron chi connectivity index (χ2n) is 8.46. The molecular weight excluding hydrogens is 358 g/mol. The highest BCUT2D eigenvalue weighted by molar-refractivity contribution is 5.84. The topological polar surface area (TPSA) is 70.9 Å². The number of primary amides is 1. The van der Waals surface area contributed by atoms with Crippen LogP contribution in [0.5, 0.6) is 0 Å². The molecule has 2 unspecified atom stereocenters. The molecule has 2 aromatic carbocycles. The number of benzene rings is 2. The second kappa shape index (κ2) is 8.42. The maximum atomic E-state index is 11.4. The summed E-state index contributed by atoms with van der Waals surface area (Å²) < 4.78 is 0. The van der Waals surface area contributed by atoms with Crippen LogP contribution in [0.15, 0.2) is 42.5 Å². The molecule has 152 valence electrons. The Kier molecular flexibility index (Phi) is 5.72. The zero-order valence-corrected chi connectivity index (χ0v) is 17.4. The van der Waals surface area contributed by atoms with E-state index in [0.29, 0.717) is 6.04 Å². The zero-order valence-electron chi connectivity index (χ0n) is 17.4. The molecule has 1 aliphatic carbocycles. The summed E-state index contributed by atoms with van der Waals surface area (Å²) in [7, 11) is 0. The molecule has 4 N–H and O–H groups in total. The smallest absolute Gasteiger partial charge is 0.220 e. The molecule has 4 rings (SSSR count). The van der Waals surface area contributed by atoms with Crippen molar-refractivity contribution in [3.8, 4) is 0 Å². The van der Waals surface area contributed by atoms with Crippen molar-refractivity contribution in [2.75, 3.05) is 6.54 Å². The lowest BCUT2D eigenvalue weighted by Crippen LogP contribution is -2.27. The number of hydrogen-bond acceptors (Lipinski definition) is 2. The number of nitrogens with two attached hydrogens (primary N) is 1. The van der Waals surface area contributed by atoms with Crippen LogP contribution in [0.4, 0.5) is 0 Å². The molecule has 0 radical (unpaired) electrons. The van der Waals surface area contributed by atoms with Crippen molar-refractivity contribution in [3.63, 3.8) is 0 Å². The lowest BCUT2D eigenvalue weighted by atomic mass is 9.85. The SMILES string of the molecule is Cc1[nH]c2ccccc2c1CCNC1CCCc2cc(CC(C)C(N)=O)ccc21. The number of carbonyl (C=O) groups is 1. The lowest BCUT2D eigenvalue weighted by Gasteiger charge is -2.27. The van der Waals surface area contributed by atoms with Gasteiger partial charge in [-0.2, -0.15) is 0 Å². The van der Waals surface area contributed by atoms with Crippen LogP contribution in [-0.2, 0) is 24.1 Å². The fourth-order valence-electron chi connectivity index (χ4n) is 4.69. The summed E-state index contributed by atoms with van der Waals surface area (Å²) in [6.45, 7) is 5.03. The van der Waals surface area contributed by atoms with E-state index in [0.717, 1.165) is 25.8 Å². The third-order valence-corrected chi connectivity index (χ3v) is 6.34. The number of fused-ring (bicyclic) bond motifs is 2. The standard InChI is InChI=1S/C25H31N3O/c1-16(25(26)29)14-18-10-11-21-19(15-18)6-5-9-23(21)27-13-12-20-17(2)28-24-8-4-3-7-22(20)24/h3-4,7-8,10-11,15-16,23,27-28H,5-6,9,12-14H2,1-2H3,(H2,26,29). The van der Waals surface area contributed by atoms with Gasteiger partial charge in [-0.3, -0.25) is 4.79 Å². The second-order valence-corrected chi connectivity index (χ2v) is 8.46. The molecule has 3 aromatic rings. The van der Waals surface area contributed by atoms with Gasteiger partial charge in [0.25, 0.3) is 0 Å². The molecule has 2 atom stereocenters. The third-order valence-electron chi connectivity index (χ3n) is 6.34. The largest absolute Gasteiger partial charge is 0.369 e. The van der Waals surface area contributed by atoms with Crippen LogP contribution in [0.3, 0.4) is 0 Å². The molecule has 1 amide bonds. The Bertz CT molecular complexity index is 1020. The Morgan fingerprint density at radius 2 is 2.10 bits per heavy atom. The van der Waals surface area contributed by atoms with E-state index in [2.05, 4.69) is 59.7 Å². The van der Waals surface area contributed by atoms with E-state index >= 15 is 0 Å². The summed E-state index contributed by atoms with van der Waals surface area (Å²) >= 11 is 0. The van der Waals surface area contributed by atoms with Gasteiger partial charge in [-0.15, -0.1) is 0 Å². The summed E-state index contributed by atoms with van der Waals surface area (Å²) in [5.41, 5.74) is 13.4. The molecular formula is C25H31N3O. The summed E-state index contributed by atoms with van der Waals surface area (Å²) in [5.74, 6) is -0.347. The number of amides is 1. The molecule has 29 heavy (non-hydrogen) atoms. The Morgan fingerprint density at radius 1 is 1.28 bits per heavy atom. The van der Waals surface area contributed by atoms with Crippen molar-refractivity contribution >= 4 is 16.8 Å². The fourth-order valence-corrected chi connectivity index (χ4v) is 4.69. The first-order chi connectivity index (χ1) is 14.0. The number of rotatable bonds is 7. The average Bonchev–Trinajstić information content (AvgIpc) is 3.03. The highest BCUT2D eigenvalue weighted by Gasteiger charge is 2.21. The quantitative estimate of drug-likeness (QED) is 0.562. The number of hydrogen-bond donors (Lipinski definition) is 3. The van der Waals surface area contributed by atoms with Gasteiger partial charge in [0, 0.05) is 28.6 Å². The Labute approximate surface area is 172 Å². The number of aromatic amines is 1. The van der Waals surface area contributed by atoms with E-state index in [1.54, 1.807) is 0 Å². The molecule has 0 aliphatic heterocycles. The zero-order chi connectivity index (χ0) is 20.4. The lowest BCUT2D eigenvalue weighted by molar-refractivity contribution is -0.121. The average molecular weight is 390 g/mol. The molecule has 0 spiro atoms. The van der Waals surface area contributed by atoms with Gasteiger partial charge in [0.2, 0.25) is 5.91 Å². The van der Waals surface area contributed by atoms with Gasteiger partial charge in [0.1, 0.15) is 0 Å². The number of aromatic nitrogens is 1. The van der Waals surface area contributed by atoms with Crippen molar-refractivity contribution in [3.05, 3.63) is 70.4 Å². The first-order valence-electron chi connectivity index (χ1n) is 10.7. The van der Waals surface area contributed by atoms with Gasteiger partial charge in [0.05, 0.1) is 0 Å². The Hall–Kier alpha value is -2.59. The number of H-pyrrole nitrogens is 1. The van der Waals surface area contributed by atoms with Crippen molar-refractivity contribution in [1.82, 2.24) is 10.3 Å². The van der Waals surface area contributed by atoms with E-state index in [1.807, 2.05) is 6.92 Å². The number of carbonyl (C=O) groups excluding carboxylic acids is 1. The van der Waals surface area contributed by atoms with Gasteiger partial charge >= 0.3 is 0 Å². The summed E-state index contributed by atoms with van der Waals surface area (Å²) in [6.07, 6.45) is 5.24. The number of para-hydroxylation sites is 1. The van der Waals surface area contributed by atoms with E-state index < -0.39 is 0 Å². The monoisotopic (exact) mass is 389 g/mol.